The fourth-order valence-corrected chi connectivity index (χ4v) is 4.02. The number of benzene rings is 3. The second-order valence-electron chi connectivity index (χ2n) is 7.89. The van der Waals surface area contributed by atoms with Crippen LogP contribution in [-0.2, 0) is 11.3 Å². The third kappa shape index (κ3) is 6.26. The SMILES string of the molecule is N#Cc1ccc(OCC(=O)Nc2ccc(N3CCN(Cc4ccccc4)CC3)cc2)c(Cl)c1. The Kier molecular flexibility index (Phi) is 7.46. The molecule has 1 heterocycles. The van der Waals surface area contributed by atoms with Crippen molar-refractivity contribution >= 4 is 28.9 Å². The van der Waals surface area contributed by atoms with Crippen molar-refractivity contribution in [3.05, 3.63) is 88.9 Å². The Bertz CT molecular complexity index is 1120. The molecule has 33 heavy (non-hydrogen) atoms. The first kappa shape index (κ1) is 22.7. The van der Waals surface area contributed by atoms with Crippen molar-refractivity contribution in [1.29, 1.82) is 5.26 Å². The second kappa shape index (κ2) is 10.9. The van der Waals surface area contributed by atoms with E-state index in [0.29, 0.717) is 22.0 Å². The van der Waals surface area contributed by atoms with E-state index >= 15 is 0 Å². The summed E-state index contributed by atoms with van der Waals surface area (Å²) in [6, 6.07) is 25.1. The number of piperazine rings is 1. The Morgan fingerprint density at radius 3 is 2.39 bits per heavy atom. The van der Waals surface area contributed by atoms with Gasteiger partial charge in [0.2, 0.25) is 0 Å². The summed E-state index contributed by atoms with van der Waals surface area (Å²) in [5.41, 5.74) is 3.64. The number of nitriles is 1. The summed E-state index contributed by atoms with van der Waals surface area (Å²) >= 11 is 6.08. The maximum Gasteiger partial charge on any atom is 0.262 e. The summed E-state index contributed by atoms with van der Waals surface area (Å²) in [5, 5.41) is 12.0. The average molecular weight is 461 g/mol. The van der Waals surface area contributed by atoms with E-state index < -0.39 is 0 Å². The number of carbonyl (C=O) groups is 1. The highest BCUT2D eigenvalue weighted by molar-refractivity contribution is 6.32. The van der Waals surface area contributed by atoms with Crippen LogP contribution in [0.4, 0.5) is 11.4 Å². The van der Waals surface area contributed by atoms with E-state index in [1.54, 1.807) is 12.1 Å². The molecule has 1 aliphatic heterocycles. The number of nitrogens with one attached hydrogen (secondary N) is 1. The molecule has 0 bridgehead atoms. The maximum atomic E-state index is 12.2. The number of hydrogen-bond acceptors (Lipinski definition) is 5. The van der Waals surface area contributed by atoms with E-state index in [1.165, 1.54) is 11.6 Å². The molecule has 0 atom stereocenters. The Hall–Kier alpha value is -3.53. The molecule has 1 fully saturated rings. The molecular weight excluding hydrogens is 436 g/mol. The van der Waals surface area contributed by atoms with Gasteiger partial charge in [-0.2, -0.15) is 5.26 Å². The molecular formula is C26H25ClN4O2. The summed E-state index contributed by atoms with van der Waals surface area (Å²) in [7, 11) is 0. The van der Waals surface area contributed by atoms with Gasteiger partial charge in [-0.3, -0.25) is 9.69 Å². The molecule has 0 aliphatic carbocycles. The molecule has 168 valence electrons. The fourth-order valence-electron chi connectivity index (χ4n) is 3.79. The third-order valence-corrected chi connectivity index (χ3v) is 5.85. The standard InChI is InChI=1S/C26H25ClN4O2/c27-24-16-21(17-28)6-11-25(24)33-19-26(32)29-22-7-9-23(10-8-22)31-14-12-30(13-15-31)18-20-4-2-1-3-5-20/h1-11,16H,12-15,18-19H2,(H,29,32). The van der Waals surface area contributed by atoms with Crippen molar-refractivity contribution in [3.63, 3.8) is 0 Å². The molecule has 4 rings (SSSR count). The van der Waals surface area contributed by atoms with Crippen molar-refractivity contribution in [1.82, 2.24) is 4.90 Å². The molecule has 1 saturated heterocycles. The summed E-state index contributed by atoms with van der Waals surface area (Å²) in [6.45, 7) is 4.78. The molecule has 0 unspecified atom stereocenters. The average Bonchev–Trinajstić information content (AvgIpc) is 2.85. The van der Waals surface area contributed by atoms with Crippen LogP contribution in [0.3, 0.4) is 0 Å². The van der Waals surface area contributed by atoms with E-state index in [0.717, 1.165) is 38.4 Å². The number of rotatable bonds is 7. The van der Waals surface area contributed by atoms with Gasteiger partial charge in [-0.1, -0.05) is 41.9 Å². The molecule has 3 aromatic carbocycles. The molecule has 0 spiro atoms. The number of halogens is 1. The van der Waals surface area contributed by atoms with Crippen molar-refractivity contribution in [2.75, 3.05) is 43.0 Å². The highest BCUT2D eigenvalue weighted by Crippen LogP contribution is 2.25. The largest absolute Gasteiger partial charge is 0.482 e. The van der Waals surface area contributed by atoms with E-state index in [2.05, 4.69) is 39.4 Å². The van der Waals surface area contributed by atoms with E-state index in [4.69, 9.17) is 21.6 Å². The normalized spacial score (nSPS) is 13.9. The van der Waals surface area contributed by atoms with E-state index in [-0.39, 0.29) is 12.5 Å². The molecule has 1 N–H and O–H groups in total. The maximum absolute atomic E-state index is 12.2. The van der Waals surface area contributed by atoms with Crippen LogP contribution in [0.1, 0.15) is 11.1 Å². The highest BCUT2D eigenvalue weighted by atomic mass is 35.5. The predicted molar refractivity (Wildman–Crippen MR) is 131 cm³/mol. The van der Waals surface area contributed by atoms with Gasteiger partial charge in [-0.15, -0.1) is 0 Å². The Labute approximate surface area is 198 Å². The van der Waals surface area contributed by atoms with Crippen LogP contribution in [0.5, 0.6) is 5.75 Å². The van der Waals surface area contributed by atoms with Crippen LogP contribution in [0.2, 0.25) is 5.02 Å². The lowest BCUT2D eigenvalue weighted by molar-refractivity contribution is -0.118. The van der Waals surface area contributed by atoms with Crippen molar-refractivity contribution in [2.45, 2.75) is 6.54 Å². The number of amides is 1. The van der Waals surface area contributed by atoms with Crippen LogP contribution in [-0.4, -0.2) is 43.6 Å². The quantitative estimate of drug-likeness (QED) is 0.560. The Morgan fingerprint density at radius 1 is 1.00 bits per heavy atom. The Morgan fingerprint density at radius 2 is 1.73 bits per heavy atom. The fraction of sp³-hybridized carbons (Fsp3) is 0.231. The van der Waals surface area contributed by atoms with Gasteiger partial charge in [-0.25, -0.2) is 0 Å². The summed E-state index contributed by atoms with van der Waals surface area (Å²) in [4.78, 5) is 17.1. The number of ether oxygens (including phenoxy) is 1. The lowest BCUT2D eigenvalue weighted by Crippen LogP contribution is -2.45. The van der Waals surface area contributed by atoms with Gasteiger partial charge in [0.15, 0.2) is 6.61 Å². The van der Waals surface area contributed by atoms with Gasteiger partial charge in [0.25, 0.3) is 5.91 Å². The van der Waals surface area contributed by atoms with E-state index in [9.17, 15) is 4.79 Å². The van der Waals surface area contributed by atoms with Crippen LogP contribution >= 0.6 is 11.6 Å². The van der Waals surface area contributed by atoms with Crippen LogP contribution in [0.25, 0.3) is 0 Å². The molecule has 6 nitrogen and oxygen atoms in total. The van der Waals surface area contributed by atoms with Gasteiger partial charge in [-0.05, 0) is 48.0 Å². The zero-order valence-electron chi connectivity index (χ0n) is 18.2. The summed E-state index contributed by atoms with van der Waals surface area (Å²) < 4.78 is 5.48. The number of carbonyl (C=O) groups excluding carboxylic acids is 1. The first-order valence-corrected chi connectivity index (χ1v) is 11.2. The van der Waals surface area contributed by atoms with Crippen molar-refractivity contribution < 1.29 is 9.53 Å². The molecule has 0 saturated carbocycles. The zero-order valence-corrected chi connectivity index (χ0v) is 19.0. The Balaban J connectivity index is 1.24. The van der Waals surface area contributed by atoms with Crippen LogP contribution in [0.15, 0.2) is 72.8 Å². The van der Waals surface area contributed by atoms with E-state index in [1.807, 2.05) is 36.4 Å². The summed E-state index contributed by atoms with van der Waals surface area (Å²) in [5.74, 6) is 0.0882. The molecule has 3 aromatic rings. The second-order valence-corrected chi connectivity index (χ2v) is 8.30. The van der Waals surface area contributed by atoms with Gasteiger partial charge in [0, 0.05) is 44.1 Å². The smallest absolute Gasteiger partial charge is 0.262 e. The molecule has 1 amide bonds. The highest BCUT2D eigenvalue weighted by Gasteiger charge is 2.17. The van der Waals surface area contributed by atoms with Gasteiger partial charge in [0.1, 0.15) is 5.75 Å². The molecule has 0 aromatic heterocycles. The molecule has 7 heteroatoms. The number of anilines is 2. The monoisotopic (exact) mass is 460 g/mol. The minimum Gasteiger partial charge on any atom is -0.482 e. The van der Waals surface area contributed by atoms with Gasteiger partial charge >= 0.3 is 0 Å². The minimum atomic E-state index is -0.280. The number of nitrogens with zero attached hydrogens (tertiary/aromatic N) is 3. The van der Waals surface area contributed by atoms with Crippen molar-refractivity contribution in [2.24, 2.45) is 0 Å². The topological polar surface area (TPSA) is 68.6 Å². The first-order chi connectivity index (χ1) is 16.1. The lowest BCUT2D eigenvalue weighted by atomic mass is 10.2. The third-order valence-electron chi connectivity index (χ3n) is 5.56. The first-order valence-electron chi connectivity index (χ1n) is 10.8. The molecule has 1 aliphatic rings. The van der Waals surface area contributed by atoms with Crippen LogP contribution in [0, 0.1) is 11.3 Å². The summed E-state index contributed by atoms with van der Waals surface area (Å²) in [6.07, 6.45) is 0. The van der Waals surface area contributed by atoms with Gasteiger partial charge < -0.3 is 15.0 Å². The predicted octanol–water partition coefficient (Wildman–Crippen LogP) is 4.55. The molecule has 0 radical (unpaired) electrons. The lowest BCUT2D eigenvalue weighted by Gasteiger charge is -2.36. The zero-order chi connectivity index (χ0) is 23.0. The number of hydrogen-bond donors (Lipinski definition) is 1. The van der Waals surface area contributed by atoms with Crippen molar-refractivity contribution in [3.8, 4) is 11.8 Å². The van der Waals surface area contributed by atoms with Gasteiger partial charge in [0.05, 0.1) is 16.7 Å². The van der Waals surface area contributed by atoms with Crippen LogP contribution < -0.4 is 15.0 Å². The minimum absolute atomic E-state index is 0.170.